The van der Waals surface area contributed by atoms with Gasteiger partial charge in [-0.25, -0.2) is 8.78 Å². The number of esters is 1. The first-order chi connectivity index (χ1) is 11.3. The second kappa shape index (κ2) is 6.78. The zero-order valence-corrected chi connectivity index (χ0v) is 13.2. The van der Waals surface area contributed by atoms with Crippen LogP contribution in [0.4, 0.5) is 8.78 Å². The quantitative estimate of drug-likeness (QED) is 0.671. The van der Waals surface area contributed by atoms with Crippen LogP contribution in [0.5, 0.6) is 0 Å². The van der Waals surface area contributed by atoms with Gasteiger partial charge in [0.05, 0.1) is 6.61 Å². The van der Waals surface area contributed by atoms with Gasteiger partial charge < -0.3 is 9.84 Å². The maximum Gasteiger partial charge on any atom is 0.327 e. The minimum absolute atomic E-state index is 0.0561. The molecule has 6 heteroatoms. The molecule has 1 unspecified atom stereocenters. The molecule has 0 heterocycles. The number of halogens is 2. The molecule has 0 aliphatic rings. The van der Waals surface area contributed by atoms with Crippen LogP contribution in [0.15, 0.2) is 42.5 Å². The molecule has 0 saturated carbocycles. The summed E-state index contributed by atoms with van der Waals surface area (Å²) in [5, 5.41) is 9.44. The number of carbonyl (C=O) groups excluding carboxylic acids is 1. The molecular weight excluding hydrogens is 318 g/mol. The summed E-state index contributed by atoms with van der Waals surface area (Å²) in [6, 6.07) is 8.99. The van der Waals surface area contributed by atoms with E-state index in [1.54, 1.807) is 6.92 Å². The van der Waals surface area contributed by atoms with Crippen LogP contribution >= 0.6 is 0 Å². The fourth-order valence-electron chi connectivity index (χ4n) is 2.31. The number of carbonyl (C=O) groups is 2. The van der Waals surface area contributed by atoms with Crippen LogP contribution in [-0.2, 0) is 19.7 Å². The van der Waals surface area contributed by atoms with Gasteiger partial charge in [-0.3, -0.25) is 9.59 Å². The predicted molar refractivity (Wildman–Crippen MR) is 83.4 cm³/mol. The Balaban J connectivity index is 2.43. The highest BCUT2D eigenvalue weighted by atomic mass is 19.1. The molecule has 0 radical (unpaired) electrons. The first-order valence-corrected chi connectivity index (χ1v) is 7.27. The Labute approximate surface area is 137 Å². The van der Waals surface area contributed by atoms with Gasteiger partial charge in [0.1, 0.15) is 11.6 Å². The summed E-state index contributed by atoms with van der Waals surface area (Å²) in [5.41, 5.74) is -1.04. The van der Waals surface area contributed by atoms with Crippen LogP contribution in [-0.4, -0.2) is 23.7 Å². The SMILES string of the molecule is CCOC(=O)C(C)(C(=O)O)c1ccc(-c2ccc(F)cc2F)cc1. The number of benzene rings is 2. The zero-order valence-electron chi connectivity index (χ0n) is 13.2. The molecule has 0 aliphatic heterocycles. The Hall–Kier alpha value is -2.76. The summed E-state index contributed by atoms with van der Waals surface area (Å²) in [7, 11) is 0. The lowest BCUT2D eigenvalue weighted by atomic mass is 9.82. The van der Waals surface area contributed by atoms with Gasteiger partial charge in [-0.2, -0.15) is 0 Å². The largest absolute Gasteiger partial charge is 0.480 e. The average molecular weight is 334 g/mol. The van der Waals surface area contributed by atoms with Crippen molar-refractivity contribution < 1.29 is 28.2 Å². The molecule has 1 N–H and O–H groups in total. The number of hydrogen-bond acceptors (Lipinski definition) is 3. The van der Waals surface area contributed by atoms with E-state index < -0.39 is 29.0 Å². The molecule has 0 saturated heterocycles. The molecule has 126 valence electrons. The van der Waals surface area contributed by atoms with Crippen LogP contribution in [0, 0.1) is 11.6 Å². The smallest absolute Gasteiger partial charge is 0.327 e. The van der Waals surface area contributed by atoms with E-state index in [-0.39, 0.29) is 17.7 Å². The summed E-state index contributed by atoms with van der Waals surface area (Å²) in [4.78, 5) is 23.6. The van der Waals surface area contributed by atoms with Crippen molar-refractivity contribution in [2.75, 3.05) is 6.61 Å². The molecule has 0 spiro atoms. The maximum absolute atomic E-state index is 13.8. The first kappa shape index (κ1) is 17.6. The molecule has 2 aromatic rings. The van der Waals surface area contributed by atoms with Crippen LogP contribution in [0.3, 0.4) is 0 Å². The fourth-order valence-corrected chi connectivity index (χ4v) is 2.31. The average Bonchev–Trinajstić information content (AvgIpc) is 2.54. The normalized spacial score (nSPS) is 13.2. The lowest BCUT2D eigenvalue weighted by Crippen LogP contribution is -2.42. The molecule has 24 heavy (non-hydrogen) atoms. The molecule has 0 fully saturated rings. The molecule has 0 amide bonds. The van der Waals surface area contributed by atoms with E-state index in [0.29, 0.717) is 5.56 Å². The van der Waals surface area contributed by atoms with E-state index in [9.17, 15) is 23.5 Å². The molecule has 2 aromatic carbocycles. The Morgan fingerprint density at radius 3 is 2.25 bits per heavy atom. The van der Waals surface area contributed by atoms with Gasteiger partial charge in [0, 0.05) is 11.6 Å². The van der Waals surface area contributed by atoms with Gasteiger partial charge >= 0.3 is 11.9 Å². The predicted octanol–water partition coefficient (Wildman–Crippen LogP) is 3.54. The number of rotatable bonds is 5. The summed E-state index contributed by atoms with van der Waals surface area (Å²) in [5.74, 6) is -3.64. The lowest BCUT2D eigenvalue weighted by Gasteiger charge is -2.23. The standard InChI is InChI=1S/C18H16F2O4/c1-3-24-17(23)18(2,16(21)22)12-6-4-11(5-7-12)14-9-8-13(19)10-15(14)20/h4-10H,3H2,1-2H3,(H,21,22). The van der Waals surface area contributed by atoms with Crippen LogP contribution in [0.2, 0.25) is 0 Å². The van der Waals surface area contributed by atoms with Crippen molar-refractivity contribution in [2.45, 2.75) is 19.3 Å². The fraction of sp³-hybridized carbons (Fsp3) is 0.222. The molecular formula is C18H16F2O4. The van der Waals surface area contributed by atoms with Crippen molar-refractivity contribution in [3.8, 4) is 11.1 Å². The Morgan fingerprint density at radius 1 is 1.12 bits per heavy atom. The Morgan fingerprint density at radius 2 is 1.75 bits per heavy atom. The van der Waals surface area contributed by atoms with Crippen molar-refractivity contribution in [3.05, 3.63) is 59.7 Å². The number of ether oxygens (including phenoxy) is 1. The summed E-state index contributed by atoms with van der Waals surface area (Å²) in [6.45, 7) is 2.89. The highest BCUT2D eigenvalue weighted by Gasteiger charge is 2.44. The Kier molecular flexibility index (Phi) is 4.97. The van der Waals surface area contributed by atoms with Gasteiger partial charge in [0.25, 0.3) is 0 Å². The van der Waals surface area contributed by atoms with Crippen molar-refractivity contribution in [1.29, 1.82) is 0 Å². The van der Waals surface area contributed by atoms with Crippen molar-refractivity contribution in [1.82, 2.24) is 0 Å². The monoisotopic (exact) mass is 334 g/mol. The molecule has 0 bridgehead atoms. The molecule has 0 aliphatic carbocycles. The van der Waals surface area contributed by atoms with Crippen LogP contribution < -0.4 is 0 Å². The van der Waals surface area contributed by atoms with Gasteiger partial charge in [-0.05, 0) is 37.1 Å². The van der Waals surface area contributed by atoms with E-state index in [1.165, 1.54) is 37.3 Å². The number of hydrogen-bond donors (Lipinski definition) is 1. The highest BCUT2D eigenvalue weighted by molar-refractivity contribution is 6.05. The van der Waals surface area contributed by atoms with Crippen molar-refractivity contribution >= 4 is 11.9 Å². The van der Waals surface area contributed by atoms with Gasteiger partial charge in [-0.1, -0.05) is 24.3 Å². The number of aliphatic carboxylic acids is 1. The van der Waals surface area contributed by atoms with Crippen LogP contribution in [0.1, 0.15) is 19.4 Å². The minimum atomic E-state index is -1.87. The summed E-state index contributed by atoms with van der Waals surface area (Å²) >= 11 is 0. The van der Waals surface area contributed by atoms with E-state index in [0.717, 1.165) is 12.1 Å². The second-order valence-electron chi connectivity index (χ2n) is 5.35. The minimum Gasteiger partial charge on any atom is -0.480 e. The maximum atomic E-state index is 13.8. The second-order valence-corrected chi connectivity index (χ2v) is 5.35. The van der Waals surface area contributed by atoms with Crippen LogP contribution in [0.25, 0.3) is 11.1 Å². The Bertz CT molecular complexity index is 771. The number of carboxylic acid groups (broad SMARTS) is 1. The third kappa shape index (κ3) is 3.13. The van der Waals surface area contributed by atoms with E-state index in [1.807, 2.05) is 0 Å². The summed E-state index contributed by atoms with van der Waals surface area (Å²) < 4.78 is 31.6. The first-order valence-electron chi connectivity index (χ1n) is 7.27. The van der Waals surface area contributed by atoms with Gasteiger partial charge in [0.2, 0.25) is 0 Å². The third-order valence-corrected chi connectivity index (χ3v) is 3.82. The lowest BCUT2D eigenvalue weighted by molar-refractivity contribution is -0.160. The van der Waals surface area contributed by atoms with Crippen molar-refractivity contribution in [2.24, 2.45) is 0 Å². The molecule has 2 rings (SSSR count). The highest BCUT2D eigenvalue weighted by Crippen LogP contribution is 2.30. The summed E-state index contributed by atoms with van der Waals surface area (Å²) in [6.07, 6.45) is 0. The third-order valence-electron chi connectivity index (χ3n) is 3.82. The zero-order chi connectivity index (χ0) is 17.9. The topological polar surface area (TPSA) is 63.6 Å². The van der Waals surface area contributed by atoms with E-state index in [2.05, 4.69) is 0 Å². The van der Waals surface area contributed by atoms with E-state index >= 15 is 0 Å². The number of carboxylic acids is 1. The molecule has 1 atom stereocenters. The van der Waals surface area contributed by atoms with Gasteiger partial charge in [0.15, 0.2) is 5.41 Å². The molecule has 4 nitrogen and oxygen atoms in total. The molecule has 0 aromatic heterocycles. The van der Waals surface area contributed by atoms with Gasteiger partial charge in [-0.15, -0.1) is 0 Å². The van der Waals surface area contributed by atoms with E-state index in [4.69, 9.17) is 4.74 Å². The van der Waals surface area contributed by atoms with Crippen molar-refractivity contribution in [3.63, 3.8) is 0 Å².